The van der Waals surface area contributed by atoms with Gasteiger partial charge in [0.05, 0.1) is 4.92 Å². The number of nitrogens with one attached hydrogen (secondary N) is 2. The van der Waals surface area contributed by atoms with Gasteiger partial charge in [0.15, 0.2) is 0 Å². The fourth-order valence-electron chi connectivity index (χ4n) is 3.35. The number of nitro groups is 1. The van der Waals surface area contributed by atoms with Crippen LogP contribution in [-0.2, 0) is 10.3 Å². The van der Waals surface area contributed by atoms with E-state index in [9.17, 15) is 24.5 Å². The smallest absolute Gasteiger partial charge is 0.318 e. The van der Waals surface area contributed by atoms with E-state index < -0.39 is 28.3 Å². The van der Waals surface area contributed by atoms with E-state index >= 15 is 0 Å². The molecule has 2 N–H and O–H groups in total. The summed E-state index contributed by atoms with van der Waals surface area (Å²) in [5.74, 6) is -1.31. The number of carbonyl (C=O) groups is 3. The van der Waals surface area contributed by atoms with Crippen LogP contribution in [0.4, 0.5) is 10.5 Å². The normalized spacial score (nSPS) is 18.4. The second-order valence-corrected chi connectivity index (χ2v) is 7.00. The number of hydrogen-bond donors (Lipinski definition) is 2. The van der Waals surface area contributed by atoms with E-state index in [-0.39, 0.29) is 5.69 Å². The van der Waals surface area contributed by atoms with Crippen LogP contribution in [0.3, 0.4) is 0 Å². The lowest BCUT2D eigenvalue weighted by Gasteiger charge is -2.22. The van der Waals surface area contributed by atoms with Gasteiger partial charge >= 0.3 is 6.03 Å². The molecule has 150 valence electrons. The zero-order valence-corrected chi connectivity index (χ0v) is 15.8. The van der Waals surface area contributed by atoms with Gasteiger partial charge in [-0.15, -0.1) is 0 Å². The molecule has 0 spiro atoms. The van der Waals surface area contributed by atoms with Crippen LogP contribution < -0.4 is 10.7 Å². The third kappa shape index (κ3) is 3.12. The van der Waals surface area contributed by atoms with Gasteiger partial charge in [-0.25, -0.2) is 4.79 Å². The topological polar surface area (TPSA) is 122 Å². The molecule has 1 aliphatic rings. The number of nitro benzene ring substituents is 1. The predicted molar refractivity (Wildman–Crippen MR) is 107 cm³/mol. The number of hydrogen-bond acceptors (Lipinski definition) is 5. The molecule has 0 bridgehead atoms. The summed E-state index contributed by atoms with van der Waals surface area (Å²) in [5, 5.41) is 15.8. The second kappa shape index (κ2) is 6.96. The Morgan fingerprint density at radius 2 is 1.70 bits per heavy atom. The molecule has 0 aromatic heterocycles. The number of carbonyl (C=O) groups excluding carboxylic acids is 3. The number of urea groups is 1. The summed E-state index contributed by atoms with van der Waals surface area (Å²) in [5.41, 5.74) is 1.38. The molecule has 9 heteroatoms. The third-order valence-electron chi connectivity index (χ3n) is 5.07. The molecule has 1 aliphatic heterocycles. The molecular formula is C21H16N4O5. The molecule has 0 unspecified atom stereocenters. The van der Waals surface area contributed by atoms with Gasteiger partial charge in [-0.2, -0.15) is 5.01 Å². The van der Waals surface area contributed by atoms with Crippen molar-refractivity contribution >= 4 is 34.3 Å². The Morgan fingerprint density at radius 1 is 1.03 bits per heavy atom. The van der Waals surface area contributed by atoms with Gasteiger partial charge in [0.2, 0.25) is 0 Å². The summed E-state index contributed by atoms with van der Waals surface area (Å²) in [6.45, 7) is 1.47. The van der Waals surface area contributed by atoms with Gasteiger partial charge in [-0.3, -0.25) is 25.1 Å². The van der Waals surface area contributed by atoms with Crippen molar-refractivity contribution in [2.75, 3.05) is 0 Å². The van der Waals surface area contributed by atoms with Gasteiger partial charge in [0, 0.05) is 17.7 Å². The Balaban J connectivity index is 1.57. The third-order valence-corrected chi connectivity index (χ3v) is 5.07. The average molecular weight is 404 g/mol. The molecule has 9 nitrogen and oxygen atoms in total. The number of rotatable bonds is 4. The quantitative estimate of drug-likeness (QED) is 0.393. The van der Waals surface area contributed by atoms with E-state index in [1.165, 1.54) is 31.2 Å². The molecule has 1 saturated heterocycles. The maximum Gasteiger partial charge on any atom is 0.344 e. The Hall–Kier alpha value is -4.27. The Bertz CT molecular complexity index is 1210. The van der Waals surface area contributed by atoms with E-state index in [1.54, 1.807) is 18.2 Å². The van der Waals surface area contributed by atoms with Crippen molar-refractivity contribution in [2.24, 2.45) is 0 Å². The molecule has 3 aromatic rings. The van der Waals surface area contributed by atoms with E-state index in [2.05, 4.69) is 10.7 Å². The number of nitrogens with zero attached hydrogens (tertiary/aromatic N) is 2. The van der Waals surface area contributed by atoms with Crippen LogP contribution in [-0.4, -0.2) is 27.8 Å². The number of benzene rings is 3. The summed E-state index contributed by atoms with van der Waals surface area (Å²) in [6, 6.07) is 17.0. The fourth-order valence-corrected chi connectivity index (χ4v) is 3.35. The second-order valence-electron chi connectivity index (χ2n) is 7.00. The van der Waals surface area contributed by atoms with Crippen molar-refractivity contribution in [2.45, 2.75) is 12.5 Å². The molecule has 30 heavy (non-hydrogen) atoms. The fraction of sp³-hybridized carbons (Fsp3) is 0.0952. The minimum absolute atomic E-state index is 0.138. The molecule has 1 atom stereocenters. The lowest BCUT2D eigenvalue weighted by atomic mass is 9.92. The molecule has 0 saturated carbocycles. The largest absolute Gasteiger partial charge is 0.344 e. The summed E-state index contributed by atoms with van der Waals surface area (Å²) in [7, 11) is 0. The molecule has 4 rings (SSSR count). The van der Waals surface area contributed by atoms with Crippen molar-refractivity contribution in [1.82, 2.24) is 15.8 Å². The highest BCUT2D eigenvalue weighted by Gasteiger charge is 2.50. The van der Waals surface area contributed by atoms with Crippen LogP contribution in [0.1, 0.15) is 22.8 Å². The first-order valence-corrected chi connectivity index (χ1v) is 9.01. The van der Waals surface area contributed by atoms with Gasteiger partial charge < -0.3 is 5.32 Å². The van der Waals surface area contributed by atoms with Crippen molar-refractivity contribution in [1.29, 1.82) is 0 Å². The SMILES string of the molecule is C[C@@]1(c2ccc([N+](=O)[O-])cc2)NC(=O)N(NC(=O)c2ccc3ccccc3c2)C1=O. The predicted octanol–water partition coefficient (Wildman–Crippen LogP) is 2.86. The zero-order chi connectivity index (χ0) is 21.5. The monoisotopic (exact) mass is 404 g/mol. The van der Waals surface area contributed by atoms with Gasteiger partial charge in [-0.1, -0.05) is 30.3 Å². The maximum absolute atomic E-state index is 12.9. The summed E-state index contributed by atoms with van der Waals surface area (Å²) >= 11 is 0. The van der Waals surface area contributed by atoms with E-state index in [0.717, 1.165) is 10.8 Å². The minimum Gasteiger partial charge on any atom is -0.318 e. The lowest BCUT2D eigenvalue weighted by molar-refractivity contribution is -0.384. The molecule has 3 aromatic carbocycles. The van der Waals surface area contributed by atoms with Crippen molar-refractivity contribution in [3.63, 3.8) is 0 Å². The van der Waals surface area contributed by atoms with Crippen LogP contribution in [0, 0.1) is 10.1 Å². The van der Waals surface area contributed by atoms with Crippen molar-refractivity contribution < 1.29 is 19.3 Å². The first-order valence-electron chi connectivity index (χ1n) is 9.01. The molecule has 4 amide bonds. The van der Waals surface area contributed by atoms with Gasteiger partial charge in [0.25, 0.3) is 17.5 Å². The molecule has 0 radical (unpaired) electrons. The van der Waals surface area contributed by atoms with Crippen LogP contribution in [0.2, 0.25) is 0 Å². The van der Waals surface area contributed by atoms with E-state index in [1.807, 2.05) is 24.3 Å². The number of imide groups is 1. The Morgan fingerprint density at radius 3 is 2.37 bits per heavy atom. The first-order chi connectivity index (χ1) is 14.3. The van der Waals surface area contributed by atoms with Crippen LogP contribution in [0.25, 0.3) is 10.8 Å². The highest BCUT2D eigenvalue weighted by molar-refractivity contribution is 6.09. The minimum atomic E-state index is -1.47. The van der Waals surface area contributed by atoms with Gasteiger partial charge in [-0.05, 0) is 47.5 Å². The number of non-ortho nitro benzene ring substituents is 1. The average Bonchev–Trinajstić information content (AvgIpc) is 2.97. The first kappa shape index (κ1) is 19.1. The highest BCUT2D eigenvalue weighted by atomic mass is 16.6. The van der Waals surface area contributed by atoms with Crippen molar-refractivity contribution in [3.05, 3.63) is 88.0 Å². The van der Waals surface area contributed by atoms with Gasteiger partial charge in [0.1, 0.15) is 5.54 Å². The number of hydrazine groups is 1. The molecule has 0 aliphatic carbocycles. The molecule has 1 fully saturated rings. The van der Waals surface area contributed by atoms with Crippen LogP contribution in [0.15, 0.2) is 66.7 Å². The maximum atomic E-state index is 12.9. The van der Waals surface area contributed by atoms with Crippen LogP contribution in [0.5, 0.6) is 0 Å². The zero-order valence-electron chi connectivity index (χ0n) is 15.8. The van der Waals surface area contributed by atoms with Crippen molar-refractivity contribution in [3.8, 4) is 0 Å². The summed E-state index contributed by atoms with van der Waals surface area (Å²) in [4.78, 5) is 48.2. The summed E-state index contributed by atoms with van der Waals surface area (Å²) in [6.07, 6.45) is 0. The highest BCUT2D eigenvalue weighted by Crippen LogP contribution is 2.29. The van der Waals surface area contributed by atoms with E-state index in [4.69, 9.17) is 0 Å². The standard InChI is InChI=1S/C21H16N4O5/c1-21(16-8-10-17(11-9-16)25(29)30)19(27)24(20(28)22-21)23-18(26)15-7-6-13-4-2-3-5-14(13)12-15/h2-12H,1H3,(H,22,28)(H,23,26)/t21-/m0/s1. The molecule has 1 heterocycles. The molecular weight excluding hydrogens is 388 g/mol. The number of amides is 4. The number of fused-ring (bicyclic) bond motifs is 1. The lowest BCUT2D eigenvalue weighted by Crippen LogP contribution is -2.47. The van der Waals surface area contributed by atoms with E-state index in [0.29, 0.717) is 16.1 Å². The summed E-state index contributed by atoms with van der Waals surface area (Å²) < 4.78 is 0. The van der Waals surface area contributed by atoms with Crippen LogP contribution >= 0.6 is 0 Å². The Labute approximate surface area is 170 Å². The Kier molecular flexibility index (Phi) is 4.42.